The maximum absolute atomic E-state index is 15.1. The third-order valence-corrected chi connectivity index (χ3v) is 6.32. The number of alkyl halides is 1. The van der Waals surface area contributed by atoms with E-state index in [4.69, 9.17) is 9.47 Å². The van der Waals surface area contributed by atoms with Crippen molar-refractivity contribution in [3.63, 3.8) is 0 Å². The van der Waals surface area contributed by atoms with Gasteiger partial charge in [0.05, 0.1) is 12.3 Å². The maximum Gasteiger partial charge on any atom is 0.407 e. The summed E-state index contributed by atoms with van der Waals surface area (Å²) in [6, 6.07) is 3.65. The van der Waals surface area contributed by atoms with Crippen molar-refractivity contribution in [1.29, 1.82) is 0 Å². The Kier molecular flexibility index (Phi) is 5.43. The molecule has 0 radical (unpaired) electrons. The van der Waals surface area contributed by atoms with Crippen molar-refractivity contribution < 1.29 is 18.7 Å². The number of anilines is 2. The molecule has 3 heterocycles. The second-order valence-electron chi connectivity index (χ2n) is 9.21. The van der Waals surface area contributed by atoms with Crippen LogP contribution in [0.15, 0.2) is 18.3 Å². The van der Waals surface area contributed by atoms with Crippen LogP contribution in [0.5, 0.6) is 0 Å². The predicted molar refractivity (Wildman–Crippen MR) is 118 cm³/mol. The van der Waals surface area contributed by atoms with E-state index in [9.17, 15) is 4.79 Å². The number of aromatic amines is 1. The molecule has 0 saturated heterocycles. The normalized spacial score (nSPS) is 23.6. The molecular formula is C22H28FN7O3. The van der Waals surface area contributed by atoms with Gasteiger partial charge < -0.3 is 20.1 Å². The van der Waals surface area contributed by atoms with Crippen LogP contribution in [0.25, 0.3) is 5.65 Å². The summed E-state index contributed by atoms with van der Waals surface area (Å²) in [4.78, 5) is 21.2. The molecule has 33 heavy (non-hydrogen) atoms. The second-order valence-corrected chi connectivity index (χ2v) is 9.21. The molecule has 0 spiro atoms. The van der Waals surface area contributed by atoms with E-state index in [1.165, 1.54) is 0 Å². The quantitative estimate of drug-likeness (QED) is 0.497. The van der Waals surface area contributed by atoms with Crippen LogP contribution in [-0.2, 0) is 16.1 Å². The molecule has 0 bridgehead atoms. The van der Waals surface area contributed by atoms with Gasteiger partial charge in [-0.25, -0.2) is 19.2 Å². The summed E-state index contributed by atoms with van der Waals surface area (Å²) >= 11 is 0. The van der Waals surface area contributed by atoms with Crippen LogP contribution in [0.4, 0.5) is 21.0 Å². The van der Waals surface area contributed by atoms with Gasteiger partial charge in [-0.05, 0) is 39.5 Å². The number of carbonyl (C=O) groups excluding carboxylic acids is 1. The minimum absolute atomic E-state index is 0.195. The van der Waals surface area contributed by atoms with Crippen molar-refractivity contribution in [2.45, 2.75) is 69.9 Å². The number of hydrogen-bond acceptors (Lipinski definition) is 7. The highest BCUT2D eigenvalue weighted by molar-refractivity contribution is 5.69. The number of alkyl carbamates (subject to hydrolysis) is 1. The molecule has 0 aliphatic heterocycles. The van der Waals surface area contributed by atoms with Crippen molar-refractivity contribution in [3.05, 3.63) is 35.4 Å². The zero-order valence-corrected chi connectivity index (χ0v) is 18.9. The van der Waals surface area contributed by atoms with Crippen molar-refractivity contribution >= 4 is 23.5 Å². The minimum Gasteiger partial charge on any atom is -0.443 e. The third-order valence-electron chi connectivity index (χ3n) is 6.32. The second kappa shape index (κ2) is 8.29. The zero-order chi connectivity index (χ0) is 23.2. The van der Waals surface area contributed by atoms with E-state index >= 15 is 4.39 Å². The van der Waals surface area contributed by atoms with Crippen molar-refractivity contribution in [2.75, 3.05) is 12.4 Å². The summed E-state index contributed by atoms with van der Waals surface area (Å²) in [7, 11) is 1.62. The van der Waals surface area contributed by atoms with Crippen LogP contribution < -0.4 is 10.6 Å². The molecule has 10 nitrogen and oxygen atoms in total. The number of fused-ring (bicyclic) bond motifs is 1. The van der Waals surface area contributed by atoms with E-state index in [0.29, 0.717) is 36.9 Å². The topological polar surface area (TPSA) is 118 Å². The SMILES string of the molecule is COCc1cn2c(Nc3cc([C@@H]4CC[C@H](OC(=O)NC5(C)CC5)[C@H]4F)[nH]n3)nc(C)cc2n1. The van der Waals surface area contributed by atoms with Gasteiger partial charge in [-0.1, -0.05) is 0 Å². The Hall–Kier alpha value is -3.21. The molecule has 3 N–H and O–H groups in total. The molecule has 2 aliphatic rings. The highest BCUT2D eigenvalue weighted by Crippen LogP contribution is 2.39. The van der Waals surface area contributed by atoms with Crippen molar-refractivity contribution in [2.24, 2.45) is 0 Å². The summed E-state index contributed by atoms with van der Waals surface area (Å²) in [5, 5.41) is 13.2. The van der Waals surface area contributed by atoms with E-state index in [-0.39, 0.29) is 5.54 Å². The molecule has 2 saturated carbocycles. The number of rotatable bonds is 7. The largest absolute Gasteiger partial charge is 0.443 e. The lowest BCUT2D eigenvalue weighted by molar-refractivity contribution is 0.0546. The van der Waals surface area contributed by atoms with E-state index in [2.05, 4.69) is 30.8 Å². The Bertz CT molecular complexity index is 1170. The van der Waals surface area contributed by atoms with Crippen molar-refractivity contribution in [3.8, 4) is 0 Å². The number of carbonyl (C=O) groups is 1. The van der Waals surface area contributed by atoms with Crippen LogP contribution in [0.3, 0.4) is 0 Å². The molecule has 0 aromatic carbocycles. The van der Waals surface area contributed by atoms with Gasteiger partial charge in [-0.3, -0.25) is 9.50 Å². The maximum atomic E-state index is 15.1. The van der Waals surface area contributed by atoms with Gasteiger partial charge >= 0.3 is 6.09 Å². The van der Waals surface area contributed by atoms with Gasteiger partial charge in [-0.15, -0.1) is 0 Å². The minimum atomic E-state index is -1.30. The predicted octanol–water partition coefficient (Wildman–Crippen LogP) is 3.51. The fourth-order valence-corrected chi connectivity index (χ4v) is 4.27. The van der Waals surface area contributed by atoms with Gasteiger partial charge in [-0.2, -0.15) is 5.10 Å². The smallest absolute Gasteiger partial charge is 0.407 e. The fraction of sp³-hybridized carbons (Fsp3) is 0.545. The number of aryl methyl sites for hydroxylation is 1. The monoisotopic (exact) mass is 457 g/mol. The summed E-state index contributed by atoms with van der Waals surface area (Å²) < 4.78 is 27.5. The first kappa shape index (κ1) is 21.6. The standard InChI is InChI=1S/C22H28FN7O3/c1-12-8-18-25-13(11-32-3)10-30(18)20(24-12)26-17-9-15(28-29-17)14-4-5-16(19(14)23)33-21(31)27-22(2)6-7-22/h8-10,14,16,19H,4-7,11H2,1-3H3,(H,27,31)(H2,24,26,28,29)/t14-,16-,19-/m0/s1. The lowest BCUT2D eigenvalue weighted by Gasteiger charge is -2.19. The summed E-state index contributed by atoms with van der Waals surface area (Å²) in [5.74, 6) is 0.643. The molecule has 3 atom stereocenters. The molecule has 0 unspecified atom stereocenters. The average molecular weight is 458 g/mol. The Morgan fingerprint density at radius 3 is 2.91 bits per heavy atom. The average Bonchev–Trinajstić information content (AvgIpc) is 3.11. The van der Waals surface area contributed by atoms with E-state index in [1.54, 1.807) is 13.2 Å². The molecule has 176 valence electrons. The van der Waals surface area contributed by atoms with Crippen LogP contribution in [0.2, 0.25) is 0 Å². The lowest BCUT2D eigenvalue weighted by atomic mass is 10.0. The van der Waals surface area contributed by atoms with Crippen LogP contribution in [-0.4, -0.2) is 55.6 Å². The Morgan fingerprint density at radius 1 is 1.33 bits per heavy atom. The Balaban J connectivity index is 1.27. The van der Waals surface area contributed by atoms with Gasteiger partial charge in [0, 0.05) is 48.3 Å². The van der Waals surface area contributed by atoms with Crippen LogP contribution in [0, 0.1) is 6.92 Å². The number of methoxy groups -OCH3 is 1. The van der Waals surface area contributed by atoms with Gasteiger partial charge in [0.25, 0.3) is 0 Å². The lowest BCUT2D eigenvalue weighted by Crippen LogP contribution is -2.38. The molecule has 11 heteroatoms. The number of nitrogens with one attached hydrogen (secondary N) is 3. The fourth-order valence-electron chi connectivity index (χ4n) is 4.27. The van der Waals surface area contributed by atoms with E-state index in [0.717, 1.165) is 29.9 Å². The first-order valence-corrected chi connectivity index (χ1v) is 11.1. The van der Waals surface area contributed by atoms with Crippen molar-refractivity contribution in [1.82, 2.24) is 29.9 Å². The Labute approximate surface area is 190 Å². The summed E-state index contributed by atoms with van der Waals surface area (Å²) in [6.45, 7) is 4.24. The van der Waals surface area contributed by atoms with E-state index in [1.807, 2.05) is 30.5 Å². The number of ether oxygens (including phenoxy) is 2. The molecule has 3 aromatic rings. The first-order chi connectivity index (χ1) is 15.8. The Morgan fingerprint density at radius 2 is 2.15 bits per heavy atom. The summed E-state index contributed by atoms with van der Waals surface area (Å²) in [6.07, 6.45) is 2.12. The molecular weight excluding hydrogens is 429 g/mol. The molecule has 1 amide bonds. The summed E-state index contributed by atoms with van der Waals surface area (Å²) in [5.41, 5.74) is 2.78. The number of aromatic nitrogens is 5. The van der Waals surface area contributed by atoms with E-state index < -0.39 is 24.3 Å². The van der Waals surface area contributed by atoms with Crippen LogP contribution >= 0.6 is 0 Å². The number of halogens is 1. The highest BCUT2D eigenvalue weighted by Gasteiger charge is 2.43. The third kappa shape index (κ3) is 4.50. The number of imidazole rings is 1. The molecule has 5 rings (SSSR count). The zero-order valence-electron chi connectivity index (χ0n) is 18.9. The molecule has 2 fully saturated rings. The number of nitrogens with zero attached hydrogens (tertiary/aromatic N) is 4. The molecule has 2 aliphatic carbocycles. The number of amides is 1. The number of H-pyrrole nitrogens is 1. The van der Waals surface area contributed by atoms with Gasteiger partial charge in [0.1, 0.15) is 17.9 Å². The first-order valence-electron chi connectivity index (χ1n) is 11.1. The van der Waals surface area contributed by atoms with Crippen LogP contribution in [0.1, 0.15) is 55.6 Å². The number of hydrogen-bond donors (Lipinski definition) is 3. The highest BCUT2D eigenvalue weighted by atomic mass is 19.1. The van der Waals surface area contributed by atoms with Gasteiger partial charge in [0.15, 0.2) is 5.82 Å². The molecule has 3 aromatic heterocycles. The van der Waals surface area contributed by atoms with Gasteiger partial charge in [0.2, 0.25) is 5.95 Å².